The van der Waals surface area contributed by atoms with Gasteiger partial charge in [-0.25, -0.2) is 9.97 Å². The molecule has 2 heterocycles. The van der Waals surface area contributed by atoms with Crippen LogP contribution in [-0.4, -0.2) is 36.6 Å². The van der Waals surface area contributed by atoms with E-state index in [0.29, 0.717) is 5.92 Å². The molecule has 5 heteroatoms. The third kappa shape index (κ3) is 2.41. The Labute approximate surface area is 119 Å². The molecule has 1 aliphatic rings. The monoisotopic (exact) mass is 271 g/mol. The Morgan fingerprint density at radius 3 is 2.75 bits per heavy atom. The Morgan fingerprint density at radius 1 is 1.30 bits per heavy atom. The number of anilines is 2. The van der Waals surface area contributed by atoms with Gasteiger partial charge in [0.1, 0.15) is 0 Å². The highest BCUT2D eigenvalue weighted by Crippen LogP contribution is 2.28. The van der Waals surface area contributed by atoms with Gasteiger partial charge in [-0.05, 0) is 37.4 Å². The lowest BCUT2D eigenvalue weighted by atomic mass is 9.98. The second kappa shape index (κ2) is 5.63. The van der Waals surface area contributed by atoms with Crippen LogP contribution in [-0.2, 0) is 0 Å². The summed E-state index contributed by atoms with van der Waals surface area (Å²) >= 11 is 0. The van der Waals surface area contributed by atoms with Crippen molar-refractivity contribution in [3.8, 4) is 0 Å². The predicted molar refractivity (Wildman–Crippen MR) is 83.1 cm³/mol. The number of piperidine rings is 1. The highest BCUT2D eigenvalue weighted by molar-refractivity contribution is 5.80. The highest BCUT2D eigenvalue weighted by Gasteiger charge is 2.22. The van der Waals surface area contributed by atoms with Crippen LogP contribution >= 0.6 is 0 Å². The normalized spacial score (nSPS) is 19.3. The molecule has 0 amide bonds. The maximum absolute atomic E-state index is 5.83. The van der Waals surface area contributed by atoms with Crippen molar-refractivity contribution >= 4 is 22.7 Å². The first-order valence-electron chi connectivity index (χ1n) is 7.21. The minimum absolute atomic E-state index is 0.557. The van der Waals surface area contributed by atoms with E-state index in [0.717, 1.165) is 42.3 Å². The average Bonchev–Trinajstić information content (AvgIpc) is 2.53. The van der Waals surface area contributed by atoms with Crippen molar-refractivity contribution in [2.24, 2.45) is 11.7 Å². The smallest absolute Gasteiger partial charge is 0.172 e. The van der Waals surface area contributed by atoms with Gasteiger partial charge < -0.3 is 16.0 Å². The molecule has 20 heavy (non-hydrogen) atoms. The van der Waals surface area contributed by atoms with Gasteiger partial charge in [0.15, 0.2) is 11.6 Å². The third-order valence-corrected chi connectivity index (χ3v) is 3.94. The van der Waals surface area contributed by atoms with Crippen molar-refractivity contribution in [1.29, 1.82) is 0 Å². The standard InChI is InChI=1S/C15H21N5/c1-17-14-15(20-8-4-5-11(9-16)10-20)19-13-7-3-2-6-12(13)18-14/h2-3,6-7,11H,4-5,8-10,16H2,1H3,(H,17,18). The van der Waals surface area contributed by atoms with Crippen molar-refractivity contribution in [3.63, 3.8) is 0 Å². The van der Waals surface area contributed by atoms with Crippen LogP contribution in [0.15, 0.2) is 24.3 Å². The molecule has 1 atom stereocenters. The SMILES string of the molecule is CNc1nc2ccccc2nc1N1CCCC(CN)C1. The van der Waals surface area contributed by atoms with Crippen molar-refractivity contribution in [2.45, 2.75) is 12.8 Å². The summed E-state index contributed by atoms with van der Waals surface area (Å²) in [5.41, 5.74) is 7.69. The van der Waals surface area contributed by atoms with Crippen molar-refractivity contribution in [3.05, 3.63) is 24.3 Å². The molecule has 1 aromatic carbocycles. The minimum atomic E-state index is 0.557. The Hall–Kier alpha value is -1.88. The Morgan fingerprint density at radius 2 is 2.05 bits per heavy atom. The van der Waals surface area contributed by atoms with Crippen LogP contribution in [0.3, 0.4) is 0 Å². The van der Waals surface area contributed by atoms with E-state index in [4.69, 9.17) is 10.7 Å². The number of hydrogen-bond acceptors (Lipinski definition) is 5. The summed E-state index contributed by atoms with van der Waals surface area (Å²) in [4.78, 5) is 11.8. The molecule has 1 unspecified atom stereocenters. The zero-order valence-electron chi connectivity index (χ0n) is 11.8. The molecule has 3 N–H and O–H groups in total. The number of nitrogens with zero attached hydrogens (tertiary/aromatic N) is 3. The summed E-state index contributed by atoms with van der Waals surface area (Å²) in [6.07, 6.45) is 2.38. The zero-order chi connectivity index (χ0) is 13.9. The van der Waals surface area contributed by atoms with Crippen LogP contribution < -0.4 is 16.0 Å². The number of nitrogens with two attached hydrogens (primary N) is 1. The second-order valence-corrected chi connectivity index (χ2v) is 5.32. The molecule has 5 nitrogen and oxygen atoms in total. The van der Waals surface area contributed by atoms with Crippen LogP contribution in [0.5, 0.6) is 0 Å². The third-order valence-electron chi connectivity index (χ3n) is 3.94. The largest absolute Gasteiger partial charge is 0.370 e. The molecule has 1 fully saturated rings. The number of fused-ring (bicyclic) bond motifs is 1. The van der Waals surface area contributed by atoms with E-state index >= 15 is 0 Å². The van der Waals surface area contributed by atoms with Gasteiger partial charge >= 0.3 is 0 Å². The van der Waals surface area contributed by atoms with Gasteiger partial charge in [-0.1, -0.05) is 12.1 Å². The Bertz CT molecular complexity index is 598. The number of benzene rings is 1. The molecular formula is C15H21N5. The molecule has 1 saturated heterocycles. The molecule has 0 saturated carbocycles. The molecule has 1 aliphatic heterocycles. The number of nitrogens with one attached hydrogen (secondary N) is 1. The zero-order valence-corrected chi connectivity index (χ0v) is 11.8. The first kappa shape index (κ1) is 13.1. The van der Waals surface area contributed by atoms with E-state index in [1.54, 1.807) is 0 Å². The molecule has 0 bridgehead atoms. The first-order valence-corrected chi connectivity index (χ1v) is 7.21. The Kier molecular flexibility index (Phi) is 3.69. The first-order chi connectivity index (χ1) is 9.81. The van der Waals surface area contributed by atoms with Gasteiger partial charge in [-0.2, -0.15) is 0 Å². The molecule has 0 aliphatic carbocycles. The van der Waals surface area contributed by atoms with E-state index in [1.165, 1.54) is 12.8 Å². The fraction of sp³-hybridized carbons (Fsp3) is 0.467. The summed E-state index contributed by atoms with van der Waals surface area (Å²) < 4.78 is 0. The van der Waals surface area contributed by atoms with Crippen LogP contribution in [0.2, 0.25) is 0 Å². The summed E-state index contributed by atoms with van der Waals surface area (Å²) in [5, 5.41) is 3.17. The molecule has 3 rings (SSSR count). The van der Waals surface area contributed by atoms with Gasteiger partial charge in [-0.15, -0.1) is 0 Å². The lowest BCUT2D eigenvalue weighted by Gasteiger charge is -2.33. The summed E-state index contributed by atoms with van der Waals surface area (Å²) in [6.45, 7) is 2.74. The van der Waals surface area contributed by atoms with Gasteiger partial charge in [-0.3, -0.25) is 0 Å². The second-order valence-electron chi connectivity index (χ2n) is 5.32. The number of aromatic nitrogens is 2. The highest BCUT2D eigenvalue weighted by atomic mass is 15.2. The molecule has 0 radical (unpaired) electrons. The number of para-hydroxylation sites is 2. The van der Waals surface area contributed by atoms with Crippen LogP contribution in [0.4, 0.5) is 11.6 Å². The summed E-state index contributed by atoms with van der Waals surface area (Å²) in [6, 6.07) is 7.99. The van der Waals surface area contributed by atoms with Crippen molar-refractivity contribution in [2.75, 3.05) is 36.9 Å². The maximum atomic E-state index is 5.83. The lowest BCUT2D eigenvalue weighted by molar-refractivity contribution is 0.422. The van der Waals surface area contributed by atoms with Crippen molar-refractivity contribution in [1.82, 2.24) is 9.97 Å². The van der Waals surface area contributed by atoms with Gasteiger partial charge in [0.05, 0.1) is 11.0 Å². The molecular weight excluding hydrogens is 250 g/mol. The van der Waals surface area contributed by atoms with Gasteiger partial charge in [0.25, 0.3) is 0 Å². The lowest BCUT2D eigenvalue weighted by Crippen LogP contribution is -2.39. The quantitative estimate of drug-likeness (QED) is 0.891. The topological polar surface area (TPSA) is 67.1 Å². The fourth-order valence-electron chi connectivity index (χ4n) is 2.83. The van der Waals surface area contributed by atoms with E-state index < -0.39 is 0 Å². The summed E-state index contributed by atoms with van der Waals surface area (Å²) in [5.74, 6) is 2.35. The minimum Gasteiger partial charge on any atom is -0.370 e. The van der Waals surface area contributed by atoms with Crippen LogP contribution in [0.25, 0.3) is 11.0 Å². The molecule has 0 spiro atoms. The number of rotatable bonds is 3. The average molecular weight is 271 g/mol. The van der Waals surface area contributed by atoms with E-state index in [-0.39, 0.29) is 0 Å². The van der Waals surface area contributed by atoms with Crippen LogP contribution in [0, 0.1) is 5.92 Å². The van der Waals surface area contributed by atoms with Crippen molar-refractivity contribution < 1.29 is 0 Å². The fourth-order valence-corrected chi connectivity index (χ4v) is 2.83. The molecule has 2 aromatic rings. The number of hydrogen-bond donors (Lipinski definition) is 2. The maximum Gasteiger partial charge on any atom is 0.172 e. The van der Waals surface area contributed by atoms with E-state index in [2.05, 4.69) is 15.2 Å². The van der Waals surface area contributed by atoms with E-state index in [1.807, 2.05) is 31.3 Å². The van der Waals surface area contributed by atoms with E-state index in [9.17, 15) is 0 Å². The molecule has 1 aromatic heterocycles. The summed E-state index contributed by atoms with van der Waals surface area (Å²) in [7, 11) is 1.90. The van der Waals surface area contributed by atoms with Gasteiger partial charge in [0, 0.05) is 20.1 Å². The van der Waals surface area contributed by atoms with Gasteiger partial charge in [0.2, 0.25) is 0 Å². The molecule has 106 valence electrons. The van der Waals surface area contributed by atoms with Crippen LogP contribution in [0.1, 0.15) is 12.8 Å². The Balaban J connectivity index is 2.00. The predicted octanol–water partition coefficient (Wildman–Crippen LogP) is 1.85.